The highest BCUT2D eigenvalue weighted by Gasteiger charge is 2.24. The van der Waals surface area contributed by atoms with E-state index in [0.29, 0.717) is 12.3 Å². The minimum Gasteiger partial charge on any atom is -0.481 e. The molecule has 118 valence electrons. The molecule has 4 nitrogen and oxygen atoms in total. The summed E-state index contributed by atoms with van der Waals surface area (Å²) >= 11 is 0. The first-order chi connectivity index (χ1) is 9.74. The molecular weight excluding hydrogens is 256 g/mol. The van der Waals surface area contributed by atoms with Crippen molar-refractivity contribution in [1.29, 1.82) is 0 Å². The standard InChI is InChI=1S/C16H30O4/c1-2-3-8-14(15-13-19-11-12-20-15)9-6-4-5-7-10-16(17)18/h14-15H,2-13H2,1H3,(H,17,18). The summed E-state index contributed by atoms with van der Waals surface area (Å²) in [5.41, 5.74) is 0. The van der Waals surface area contributed by atoms with Crippen molar-refractivity contribution in [1.82, 2.24) is 0 Å². The van der Waals surface area contributed by atoms with Crippen molar-refractivity contribution in [3.63, 3.8) is 0 Å². The number of carboxylic acid groups (broad SMARTS) is 1. The third-order valence-electron chi connectivity index (χ3n) is 4.01. The molecule has 1 fully saturated rings. The molecule has 0 aromatic heterocycles. The Labute approximate surface area is 122 Å². The van der Waals surface area contributed by atoms with E-state index in [1.807, 2.05) is 0 Å². The average molecular weight is 286 g/mol. The molecule has 0 saturated carbocycles. The quantitative estimate of drug-likeness (QED) is 0.589. The fourth-order valence-electron chi connectivity index (χ4n) is 2.80. The fraction of sp³-hybridized carbons (Fsp3) is 0.938. The molecule has 0 amide bonds. The number of aliphatic carboxylic acids is 1. The van der Waals surface area contributed by atoms with Gasteiger partial charge in [-0.15, -0.1) is 0 Å². The minimum atomic E-state index is -0.682. The molecule has 2 unspecified atom stereocenters. The number of carboxylic acids is 1. The maximum absolute atomic E-state index is 10.4. The lowest BCUT2D eigenvalue weighted by Crippen LogP contribution is -2.35. The Hall–Kier alpha value is -0.610. The number of rotatable bonds is 11. The van der Waals surface area contributed by atoms with Gasteiger partial charge < -0.3 is 14.6 Å². The van der Waals surface area contributed by atoms with Crippen molar-refractivity contribution in [2.24, 2.45) is 5.92 Å². The van der Waals surface area contributed by atoms with Crippen LogP contribution < -0.4 is 0 Å². The summed E-state index contributed by atoms with van der Waals surface area (Å²) in [6.07, 6.45) is 9.59. The van der Waals surface area contributed by atoms with Crippen molar-refractivity contribution in [3.05, 3.63) is 0 Å². The van der Waals surface area contributed by atoms with Crippen LogP contribution in [0.4, 0.5) is 0 Å². The van der Waals surface area contributed by atoms with E-state index in [0.717, 1.165) is 39.1 Å². The van der Waals surface area contributed by atoms with Crippen LogP contribution in [0.15, 0.2) is 0 Å². The van der Waals surface area contributed by atoms with Crippen molar-refractivity contribution >= 4 is 5.97 Å². The van der Waals surface area contributed by atoms with Crippen LogP contribution in [0.25, 0.3) is 0 Å². The highest BCUT2D eigenvalue weighted by molar-refractivity contribution is 5.66. The molecule has 1 rings (SSSR count). The Balaban J connectivity index is 2.17. The molecule has 1 aliphatic rings. The van der Waals surface area contributed by atoms with E-state index < -0.39 is 5.97 Å². The van der Waals surface area contributed by atoms with Crippen LogP contribution in [0.5, 0.6) is 0 Å². The maximum Gasteiger partial charge on any atom is 0.303 e. The van der Waals surface area contributed by atoms with Gasteiger partial charge >= 0.3 is 5.97 Å². The third kappa shape index (κ3) is 7.85. The fourth-order valence-corrected chi connectivity index (χ4v) is 2.80. The Bertz CT molecular complexity index is 249. The summed E-state index contributed by atoms with van der Waals surface area (Å²) < 4.78 is 11.4. The van der Waals surface area contributed by atoms with Crippen molar-refractivity contribution in [2.75, 3.05) is 19.8 Å². The minimum absolute atomic E-state index is 0.273. The summed E-state index contributed by atoms with van der Waals surface area (Å²) in [6.45, 7) is 4.42. The molecule has 1 saturated heterocycles. The van der Waals surface area contributed by atoms with Crippen LogP contribution in [0.2, 0.25) is 0 Å². The summed E-state index contributed by atoms with van der Waals surface area (Å²) in [7, 11) is 0. The number of ether oxygens (including phenoxy) is 2. The zero-order valence-corrected chi connectivity index (χ0v) is 12.8. The molecule has 1 heterocycles. The maximum atomic E-state index is 10.4. The molecule has 1 aliphatic heterocycles. The lowest BCUT2D eigenvalue weighted by molar-refractivity contribution is -0.137. The lowest BCUT2D eigenvalue weighted by atomic mass is 9.90. The Morgan fingerprint density at radius 3 is 2.55 bits per heavy atom. The van der Waals surface area contributed by atoms with Crippen molar-refractivity contribution in [3.8, 4) is 0 Å². The summed E-state index contributed by atoms with van der Waals surface area (Å²) in [5, 5.41) is 8.60. The van der Waals surface area contributed by atoms with Gasteiger partial charge in [0.1, 0.15) is 0 Å². The van der Waals surface area contributed by atoms with Crippen molar-refractivity contribution < 1.29 is 19.4 Å². The normalized spacial score (nSPS) is 20.8. The predicted molar refractivity (Wildman–Crippen MR) is 78.9 cm³/mol. The van der Waals surface area contributed by atoms with Gasteiger partial charge in [-0.2, -0.15) is 0 Å². The van der Waals surface area contributed by atoms with Crippen LogP contribution in [-0.2, 0) is 14.3 Å². The zero-order chi connectivity index (χ0) is 14.6. The lowest BCUT2D eigenvalue weighted by Gasteiger charge is -2.30. The first-order valence-electron chi connectivity index (χ1n) is 8.15. The molecular formula is C16H30O4. The van der Waals surface area contributed by atoms with Gasteiger partial charge in [-0.1, -0.05) is 39.0 Å². The molecule has 0 aromatic rings. The molecule has 2 atom stereocenters. The van der Waals surface area contributed by atoms with Gasteiger partial charge in [0.05, 0.1) is 25.9 Å². The Morgan fingerprint density at radius 1 is 1.15 bits per heavy atom. The molecule has 0 spiro atoms. The van der Waals surface area contributed by atoms with Crippen LogP contribution in [-0.4, -0.2) is 37.0 Å². The van der Waals surface area contributed by atoms with E-state index in [1.54, 1.807) is 0 Å². The highest BCUT2D eigenvalue weighted by atomic mass is 16.6. The van der Waals surface area contributed by atoms with E-state index in [1.165, 1.54) is 32.1 Å². The van der Waals surface area contributed by atoms with Gasteiger partial charge in [-0.3, -0.25) is 4.79 Å². The Morgan fingerprint density at radius 2 is 1.90 bits per heavy atom. The van der Waals surface area contributed by atoms with Gasteiger partial charge in [0, 0.05) is 6.42 Å². The SMILES string of the molecule is CCCCC(CCCCCCC(=O)O)C1COCCO1. The second-order valence-electron chi connectivity index (χ2n) is 5.73. The number of hydrogen-bond acceptors (Lipinski definition) is 3. The van der Waals surface area contributed by atoms with Gasteiger partial charge in [-0.25, -0.2) is 0 Å². The zero-order valence-electron chi connectivity index (χ0n) is 12.8. The van der Waals surface area contributed by atoms with Crippen LogP contribution in [0.3, 0.4) is 0 Å². The molecule has 0 radical (unpaired) electrons. The molecule has 1 N–H and O–H groups in total. The first kappa shape index (κ1) is 17.4. The monoisotopic (exact) mass is 286 g/mol. The van der Waals surface area contributed by atoms with Gasteiger partial charge in [0.2, 0.25) is 0 Å². The van der Waals surface area contributed by atoms with Crippen LogP contribution in [0.1, 0.15) is 64.7 Å². The van der Waals surface area contributed by atoms with E-state index in [4.69, 9.17) is 14.6 Å². The van der Waals surface area contributed by atoms with E-state index >= 15 is 0 Å². The summed E-state index contributed by atoms with van der Waals surface area (Å²) in [4.78, 5) is 10.4. The molecule has 20 heavy (non-hydrogen) atoms. The molecule has 0 aromatic carbocycles. The van der Waals surface area contributed by atoms with E-state index in [-0.39, 0.29) is 6.10 Å². The second-order valence-corrected chi connectivity index (χ2v) is 5.73. The largest absolute Gasteiger partial charge is 0.481 e. The highest BCUT2D eigenvalue weighted by Crippen LogP contribution is 2.24. The number of unbranched alkanes of at least 4 members (excludes halogenated alkanes) is 4. The first-order valence-corrected chi connectivity index (χ1v) is 8.15. The molecule has 0 aliphatic carbocycles. The third-order valence-corrected chi connectivity index (χ3v) is 4.01. The molecule has 4 heteroatoms. The van der Waals surface area contributed by atoms with E-state index in [2.05, 4.69) is 6.92 Å². The predicted octanol–water partition coefficient (Wildman–Crippen LogP) is 3.63. The van der Waals surface area contributed by atoms with Crippen LogP contribution in [0, 0.1) is 5.92 Å². The van der Waals surface area contributed by atoms with Gasteiger partial charge in [0.15, 0.2) is 0 Å². The summed E-state index contributed by atoms with van der Waals surface area (Å²) in [5.74, 6) is -0.0756. The Kier molecular flexibility index (Phi) is 9.67. The van der Waals surface area contributed by atoms with Crippen molar-refractivity contribution in [2.45, 2.75) is 70.8 Å². The number of carbonyl (C=O) groups is 1. The molecule has 0 bridgehead atoms. The second kappa shape index (κ2) is 11.1. The smallest absolute Gasteiger partial charge is 0.303 e. The average Bonchev–Trinajstić information content (AvgIpc) is 2.46. The van der Waals surface area contributed by atoms with Crippen LogP contribution >= 0.6 is 0 Å². The topological polar surface area (TPSA) is 55.8 Å². The van der Waals surface area contributed by atoms with Gasteiger partial charge in [-0.05, 0) is 25.2 Å². The van der Waals surface area contributed by atoms with Gasteiger partial charge in [0.25, 0.3) is 0 Å². The van der Waals surface area contributed by atoms with E-state index in [9.17, 15) is 4.79 Å². The number of hydrogen-bond donors (Lipinski definition) is 1. The summed E-state index contributed by atoms with van der Waals surface area (Å²) in [6, 6.07) is 0.